The molecule has 1 saturated heterocycles. The third-order valence-electron chi connectivity index (χ3n) is 8.46. The summed E-state index contributed by atoms with van der Waals surface area (Å²) in [5.74, 6) is 0.150. The number of nitrogens with one attached hydrogen (secondary N) is 1. The fraction of sp³-hybridized carbons (Fsp3) is 0.531. The van der Waals surface area contributed by atoms with E-state index in [-0.39, 0.29) is 11.8 Å². The van der Waals surface area contributed by atoms with Gasteiger partial charge in [-0.2, -0.15) is 0 Å². The Balaban J connectivity index is 1.36. The van der Waals surface area contributed by atoms with Crippen molar-refractivity contribution in [1.82, 2.24) is 15.1 Å². The third-order valence-corrected chi connectivity index (χ3v) is 8.46. The number of piperazine rings is 1. The molecule has 2 heterocycles. The van der Waals surface area contributed by atoms with E-state index >= 15 is 0 Å². The predicted octanol–water partition coefficient (Wildman–Crippen LogP) is 3.64. The zero-order valence-corrected chi connectivity index (χ0v) is 23.8. The summed E-state index contributed by atoms with van der Waals surface area (Å²) < 4.78 is 0. The number of anilines is 1. The molecule has 1 aliphatic carbocycles. The zero-order valence-electron chi connectivity index (χ0n) is 23.8. The molecule has 2 aliphatic heterocycles. The lowest BCUT2D eigenvalue weighted by atomic mass is 9.91. The molecule has 2 amide bonds. The van der Waals surface area contributed by atoms with Crippen LogP contribution in [0.1, 0.15) is 56.6 Å². The molecule has 40 heavy (non-hydrogen) atoms. The Morgan fingerprint density at radius 2 is 1.75 bits per heavy atom. The summed E-state index contributed by atoms with van der Waals surface area (Å²) >= 11 is 0. The number of benzodiazepines with no additional fused rings is 1. The van der Waals surface area contributed by atoms with E-state index in [4.69, 9.17) is 4.99 Å². The Labute approximate surface area is 238 Å². The molecule has 8 nitrogen and oxygen atoms in total. The van der Waals surface area contributed by atoms with Gasteiger partial charge >= 0.3 is 0 Å². The summed E-state index contributed by atoms with van der Waals surface area (Å²) in [5, 5.41) is 13.9. The third kappa shape index (κ3) is 6.73. The van der Waals surface area contributed by atoms with Gasteiger partial charge in [-0.25, -0.2) is 4.99 Å². The number of fused-ring (bicyclic) bond motifs is 1. The Kier molecular flexibility index (Phi) is 9.17. The van der Waals surface area contributed by atoms with Gasteiger partial charge in [-0.1, -0.05) is 75.1 Å². The zero-order chi connectivity index (χ0) is 28.1. The molecule has 0 aromatic heterocycles. The van der Waals surface area contributed by atoms with Crippen molar-refractivity contribution in [3.63, 3.8) is 0 Å². The molecular formula is C32H43N5O3. The Hall–Kier alpha value is -3.23. The van der Waals surface area contributed by atoms with Crippen LogP contribution < -0.4 is 10.2 Å². The van der Waals surface area contributed by atoms with Crippen LogP contribution in [0.2, 0.25) is 0 Å². The van der Waals surface area contributed by atoms with E-state index in [1.807, 2.05) is 30.3 Å². The highest BCUT2D eigenvalue weighted by atomic mass is 16.3. The van der Waals surface area contributed by atoms with Crippen LogP contribution in [-0.4, -0.2) is 78.1 Å². The minimum atomic E-state index is -1.04. The van der Waals surface area contributed by atoms with Crippen molar-refractivity contribution in [2.24, 2.45) is 16.8 Å². The summed E-state index contributed by atoms with van der Waals surface area (Å²) in [6.07, 6.45) is 3.53. The first kappa shape index (κ1) is 28.3. The average Bonchev–Trinajstić information content (AvgIpc) is 3.82. The first-order valence-corrected chi connectivity index (χ1v) is 14.9. The van der Waals surface area contributed by atoms with Crippen molar-refractivity contribution in [3.8, 4) is 0 Å². The van der Waals surface area contributed by atoms with Gasteiger partial charge in [0.25, 0.3) is 5.91 Å². The monoisotopic (exact) mass is 545 g/mol. The maximum absolute atomic E-state index is 13.6. The molecule has 3 aliphatic rings. The standard InChI is InChI=1S/C32H43N5O3/c1-3-4-14-28(38)26(21-23-15-16-23)31(39)34-29-32(40)35(2)27-13-9-8-12-25(27)30(33-29)37-19-17-36(18-20-37)22-24-10-6-5-7-11-24/h5-13,23,26,28-29,38H,3-4,14-22H2,1-2H3,(H,34,39)/t26?,28?,29-/m1/s1. The summed E-state index contributed by atoms with van der Waals surface area (Å²) in [5.41, 5.74) is 2.97. The number of carbonyl (C=O) groups is 2. The van der Waals surface area contributed by atoms with Crippen molar-refractivity contribution in [2.75, 3.05) is 38.1 Å². The topological polar surface area (TPSA) is 88.5 Å². The number of aliphatic imine (C=N–C) groups is 1. The number of hydrogen-bond acceptors (Lipinski definition) is 6. The highest BCUT2D eigenvalue weighted by Crippen LogP contribution is 2.37. The predicted molar refractivity (Wildman–Crippen MR) is 158 cm³/mol. The SMILES string of the molecule is CCCCC(O)C(CC1CC1)C(=O)N[C@H]1N=C(N2CCN(Cc3ccccc3)CC2)c2ccccc2N(C)C1=O. The number of carbonyl (C=O) groups excluding carboxylic acids is 2. The fourth-order valence-electron chi connectivity index (χ4n) is 5.82. The average molecular weight is 546 g/mol. The van der Waals surface area contributed by atoms with Crippen LogP contribution in [0.4, 0.5) is 5.69 Å². The van der Waals surface area contributed by atoms with Crippen LogP contribution in [0.3, 0.4) is 0 Å². The lowest BCUT2D eigenvalue weighted by Crippen LogP contribution is -2.51. The second-order valence-electron chi connectivity index (χ2n) is 11.5. The van der Waals surface area contributed by atoms with Crippen molar-refractivity contribution >= 4 is 23.3 Å². The van der Waals surface area contributed by atoms with Gasteiger partial charge in [-0.15, -0.1) is 0 Å². The van der Waals surface area contributed by atoms with Crippen molar-refractivity contribution in [1.29, 1.82) is 0 Å². The van der Waals surface area contributed by atoms with Crippen LogP contribution in [0.25, 0.3) is 0 Å². The molecule has 0 radical (unpaired) electrons. The van der Waals surface area contributed by atoms with Crippen molar-refractivity contribution in [3.05, 3.63) is 65.7 Å². The van der Waals surface area contributed by atoms with Crippen LogP contribution in [0.15, 0.2) is 59.6 Å². The van der Waals surface area contributed by atoms with E-state index in [9.17, 15) is 14.7 Å². The van der Waals surface area contributed by atoms with Gasteiger partial charge in [0.1, 0.15) is 5.84 Å². The first-order valence-electron chi connectivity index (χ1n) is 14.9. The van der Waals surface area contributed by atoms with Gasteiger partial charge in [-0.3, -0.25) is 14.5 Å². The number of amides is 2. The van der Waals surface area contributed by atoms with Crippen LogP contribution >= 0.6 is 0 Å². The molecule has 5 rings (SSSR count). The number of rotatable bonds is 10. The van der Waals surface area contributed by atoms with E-state index in [0.29, 0.717) is 18.8 Å². The molecule has 3 atom stereocenters. The second-order valence-corrected chi connectivity index (χ2v) is 11.5. The minimum absolute atomic E-state index is 0.272. The van der Waals surface area contributed by atoms with Crippen LogP contribution in [0.5, 0.6) is 0 Å². The maximum Gasteiger partial charge on any atom is 0.272 e. The van der Waals surface area contributed by atoms with E-state index < -0.39 is 18.2 Å². The second kappa shape index (κ2) is 13.0. The first-order chi connectivity index (χ1) is 19.4. The molecule has 2 aromatic carbocycles. The summed E-state index contributed by atoms with van der Waals surface area (Å²) in [4.78, 5) is 38.4. The van der Waals surface area contributed by atoms with Gasteiger partial charge < -0.3 is 20.2 Å². The van der Waals surface area contributed by atoms with E-state index in [0.717, 1.165) is 75.5 Å². The highest BCUT2D eigenvalue weighted by molar-refractivity contribution is 6.12. The quantitative estimate of drug-likeness (QED) is 0.476. The number of hydrogen-bond donors (Lipinski definition) is 2. The number of para-hydroxylation sites is 1. The number of unbranched alkanes of at least 4 members (excludes halogenated alkanes) is 1. The number of amidine groups is 1. The number of benzene rings is 2. The van der Waals surface area contributed by atoms with Crippen LogP contribution in [0, 0.1) is 11.8 Å². The molecular weight excluding hydrogens is 502 g/mol. The fourth-order valence-corrected chi connectivity index (χ4v) is 5.82. The lowest BCUT2D eigenvalue weighted by molar-refractivity contribution is -0.133. The van der Waals surface area contributed by atoms with E-state index in [1.54, 1.807) is 11.9 Å². The normalized spacial score (nSPS) is 21.3. The maximum atomic E-state index is 13.6. The molecule has 0 bridgehead atoms. The Morgan fingerprint density at radius 3 is 2.45 bits per heavy atom. The molecule has 2 N–H and O–H groups in total. The van der Waals surface area contributed by atoms with Crippen molar-refractivity contribution < 1.29 is 14.7 Å². The molecule has 214 valence electrons. The van der Waals surface area contributed by atoms with E-state index in [2.05, 4.69) is 46.3 Å². The van der Waals surface area contributed by atoms with Crippen molar-refractivity contribution in [2.45, 2.75) is 64.3 Å². The Morgan fingerprint density at radius 1 is 1.05 bits per heavy atom. The summed E-state index contributed by atoms with van der Waals surface area (Å²) in [6, 6.07) is 18.3. The number of nitrogens with zero attached hydrogens (tertiary/aromatic N) is 4. The van der Waals surface area contributed by atoms with Gasteiger partial charge in [0.2, 0.25) is 12.1 Å². The molecule has 1 saturated carbocycles. The van der Waals surface area contributed by atoms with Gasteiger partial charge in [-0.05, 0) is 36.5 Å². The van der Waals surface area contributed by atoms with Gasteiger partial charge in [0.15, 0.2) is 0 Å². The Bertz CT molecular complexity index is 1190. The van der Waals surface area contributed by atoms with Crippen LogP contribution in [-0.2, 0) is 16.1 Å². The summed E-state index contributed by atoms with van der Waals surface area (Å²) in [6.45, 7) is 6.30. The molecule has 2 fully saturated rings. The van der Waals surface area contributed by atoms with Gasteiger partial charge in [0, 0.05) is 45.3 Å². The minimum Gasteiger partial charge on any atom is -0.392 e. The lowest BCUT2D eigenvalue weighted by Gasteiger charge is -2.37. The largest absolute Gasteiger partial charge is 0.392 e. The number of aliphatic hydroxyl groups is 1. The number of likely N-dealkylation sites (N-methyl/N-ethyl adjacent to an activating group) is 1. The smallest absolute Gasteiger partial charge is 0.272 e. The highest BCUT2D eigenvalue weighted by Gasteiger charge is 2.38. The number of aliphatic hydroxyl groups excluding tert-OH is 1. The molecule has 2 unspecified atom stereocenters. The molecule has 8 heteroatoms. The van der Waals surface area contributed by atoms with Gasteiger partial charge in [0.05, 0.1) is 17.7 Å². The van der Waals surface area contributed by atoms with E-state index in [1.165, 1.54) is 5.56 Å². The molecule has 0 spiro atoms. The molecule has 2 aromatic rings. The summed E-state index contributed by atoms with van der Waals surface area (Å²) in [7, 11) is 1.74.